The fourth-order valence-corrected chi connectivity index (χ4v) is 4.65. The maximum absolute atomic E-state index is 12.7. The number of rotatable bonds is 9. The van der Waals surface area contributed by atoms with Gasteiger partial charge in [0.2, 0.25) is 10.0 Å². The van der Waals surface area contributed by atoms with Crippen molar-refractivity contribution in [2.45, 2.75) is 31.2 Å². The number of anilines is 1. The summed E-state index contributed by atoms with van der Waals surface area (Å²) in [4.78, 5) is 24.9. The van der Waals surface area contributed by atoms with E-state index in [9.17, 15) is 18.0 Å². The van der Waals surface area contributed by atoms with Gasteiger partial charge in [-0.2, -0.15) is 4.31 Å². The van der Waals surface area contributed by atoms with E-state index in [1.807, 2.05) is 48.5 Å². The molecule has 3 aromatic carbocycles. The number of carbonyl (C=O) groups excluding carboxylic acids is 2. The van der Waals surface area contributed by atoms with Crippen LogP contribution in [0.15, 0.2) is 83.8 Å². The number of amides is 1. The van der Waals surface area contributed by atoms with Gasteiger partial charge in [0, 0.05) is 18.8 Å². The predicted molar refractivity (Wildman–Crippen MR) is 131 cm³/mol. The first kappa shape index (κ1) is 25.1. The van der Waals surface area contributed by atoms with Crippen LogP contribution in [0, 0.1) is 0 Å². The molecule has 0 heterocycles. The molecule has 0 aliphatic rings. The molecule has 3 rings (SSSR count). The van der Waals surface area contributed by atoms with Gasteiger partial charge in [-0.1, -0.05) is 54.6 Å². The van der Waals surface area contributed by atoms with Crippen molar-refractivity contribution in [3.05, 3.63) is 95.6 Å². The van der Waals surface area contributed by atoms with Crippen LogP contribution in [0.3, 0.4) is 0 Å². The molecule has 7 nitrogen and oxygen atoms in total. The Labute approximate surface area is 200 Å². The van der Waals surface area contributed by atoms with E-state index in [1.54, 1.807) is 19.9 Å². The lowest BCUT2D eigenvalue weighted by atomic mass is 10.0. The second-order valence-corrected chi connectivity index (χ2v) is 10.1. The first-order valence-corrected chi connectivity index (χ1v) is 12.3. The highest BCUT2D eigenvalue weighted by molar-refractivity contribution is 7.89. The van der Waals surface area contributed by atoms with Gasteiger partial charge in [0.25, 0.3) is 5.91 Å². The number of hydrogen-bond donors (Lipinski definition) is 1. The normalized spacial score (nSPS) is 11.4. The van der Waals surface area contributed by atoms with Crippen molar-refractivity contribution in [2.75, 3.05) is 19.0 Å². The monoisotopic (exact) mass is 480 g/mol. The molecule has 1 N–H and O–H groups in total. The van der Waals surface area contributed by atoms with Gasteiger partial charge in [-0.05, 0) is 55.7 Å². The van der Waals surface area contributed by atoms with Gasteiger partial charge in [-0.15, -0.1) is 0 Å². The van der Waals surface area contributed by atoms with Crippen LogP contribution >= 0.6 is 0 Å². The molecule has 0 unspecified atom stereocenters. The number of esters is 1. The summed E-state index contributed by atoms with van der Waals surface area (Å²) in [5.41, 5.74) is 2.72. The van der Waals surface area contributed by atoms with Crippen molar-refractivity contribution in [3.8, 4) is 0 Å². The Morgan fingerprint density at radius 1 is 0.941 bits per heavy atom. The fraction of sp³-hybridized carbons (Fsp3) is 0.231. The molecular weight excluding hydrogens is 452 g/mol. The Kier molecular flexibility index (Phi) is 8.20. The van der Waals surface area contributed by atoms with E-state index in [1.165, 1.54) is 35.6 Å². The average molecular weight is 481 g/mol. The van der Waals surface area contributed by atoms with Crippen molar-refractivity contribution in [1.29, 1.82) is 0 Å². The van der Waals surface area contributed by atoms with E-state index in [4.69, 9.17) is 4.74 Å². The number of carbonyl (C=O) groups is 2. The van der Waals surface area contributed by atoms with Crippen LogP contribution in [0.2, 0.25) is 0 Å². The summed E-state index contributed by atoms with van der Waals surface area (Å²) in [5.74, 6) is -1.27. The zero-order valence-corrected chi connectivity index (χ0v) is 20.2. The van der Waals surface area contributed by atoms with Crippen LogP contribution < -0.4 is 5.32 Å². The van der Waals surface area contributed by atoms with Crippen molar-refractivity contribution >= 4 is 27.6 Å². The predicted octanol–water partition coefficient (Wildman–Crippen LogP) is 4.10. The van der Waals surface area contributed by atoms with E-state index < -0.39 is 28.5 Å². The average Bonchev–Trinajstić information content (AvgIpc) is 2.84. The van der Waals surface area contributed by atoms with E-state index in [-0.39, 0.29) is 16.5 Å². The molecular formula is C26H28N2O5S. The lowest BCUT2D eigenvalue weighted by Crippen LogP contribution is -2.33. The minimum absolute atomic E-state index is 0.0163. The molecule has 0 fully saturated rings. The first-order valence-electron chi connectivity index (χ1n) is 10.9. The fourth-order valence-electron chi connectivity index (χ4n) is 3.24. The van der Waals surface area contributed by atoms with Crippen LogP contribution in [0.25, 0.3) is 0 Å². The highest BCUT2D eigenvalue weighted by Crippen LogP contribution is 2.20. The molecule has 8 heteroatoms. The van der Waals surface area contributed by atoms with Crippen molar-refractivity contribution in [1.82, 2.24) is 4.31 Å². The molecule has 0 saturated heterocycles. The molecule has 0 radical (unpaired) electrons. The molecule has 0 saturated carbocycles. The molecule has 0 aliphatic heterocycles. The Morgan fingerprint density at radius 2 is 1.62 bits per heavy atom. The molecule has 0 bridgehead atoms. The SMILES string of the molecule is CC(C)N(C)S(=O)(=O)c1cccc(C(=O)OCC(=O)Nc2ccccc2Cc2ccccc2)c1. The summed E-state index contributed by atoms with van der Waals surface area (Å²) in [6.45, 7) is 3.01. The number of hydrogen-bond acceptors (Lipinski definition) is 5. The van der Waals surface area contributed by atoms with Gasteiger partial charge in [0.05, 0.1) is 10.5 Å². The quantitative estimate of drug-likeness (QED) is 0.466. The van der Waals surface area contributed by atoms with Gasteiger partial charge in [0.1, 0.15) is 0 Å². The van der Waals surface area contributed by atoms with Crippen LogP contribution in [-0.4, -0.2) is 44.3 Å². The highest BCUT2D eigenvalue weighted by atomic mass is 32.2. The van der Waals surface area contributed by atoms with Gasteiger partial charge in [-0.25, -0.2) is 13.2 Å². The lowest BCUT2D eigenvalue weighted by Gasteiger charge is -2.21. The van der Waals surface area contributed by atoms with Gasteiger partial charge >= 0.3 is 5.97 Å². The number of benzene rings is 3. The maximum atomic E-state index is 12.7. The standard InChI is InChI=1S/C26H28N2O5S/c1-19(2)28(3)34(31,32)23-14-9-13-22(17-23)26(30)33-18-25(29)27-24-15-8-7-12-21(24)16-20-10-5-4-6-11-20/h4-15,17,19H,16,18H2,1-3H3,(H,27,29). The molecule has 1 amide bonds. The Balaban J connectivity index is 1.64. The minimum atomic E-state index is -3.75. The second kappa shape index (κ2) is 11.1. The summed E-state index contributed by atoms with van der Waals surface area (Å²) in [6.07, 6.45) is 0.642. The summed E-state index contributed by atoms with van der Waals surface area (Å²) in [7, 11) is -2.27. The topological polar surface area (TPSA) is 92.8 Å². The third kappa shape index (κ3) is 6.30. The Bertz CT molecular complexity index is 1260. The van der Waals surface area contributed by atoms with Crippen LogP contribution in [-0.2, 0) is 26.0 Å². The van der Waals surface area contributed by atoms with Gasteiger partial charge in [0.15, 0.2) is 6.61 Å². The lowest BCUT2D eigenvalue weighted by molar-refractivity contribution is -0.119. The van der Waals surface area contributed by atoms with E-state index in [0.29, 0.717) is 12.1 Å². The van der Waals surface area contributed by atoms with E-state index in [0.717, 1.165) is 11.1 Å². The minimum Gasteiger partial charge on any atom is -0.452 e. The molecule has 3 aromatic rings. The van der Waals surface area contributed by atoms with Crippen molar-refractivity contribution in [2.24, 2.45) is 0 Å². The second-order valence-electron chi connectivity index (χ2n) is 8.09. The molecule has 178 valence electrons. The third-order valence-corrected chi connectivity index (χ3v) is 7.37. The third-order valence-electron chi connectivity index (χ3n) is 5.34. The summed E-state index contributed by atoms with van der Waals surface area (Å²) >= 11 is 0. The smallest absolute Gasteiger partial charge is 0.338 e. The molecule has 0 aliphatic carbocycles. The maximum Gasteiger partial charge on any atom is 0.338 e. The van der Waals surface area contributed by atoms with Gasteiger partial charge in [-0.3, -0.25) is 4.79 Å². The highest BCUT2D eigenvalue weighted by Gasteiger charge is 2.24. The van der Waals surface area contributed by atoms with Crippen molar-refractivity contribution < 1.29 is 22.7 Å². The van der Waals surface area contributed by atoms with E-state index >= 15 is 0 Å². The number of para-hydroxylation sites is 1. The van der Waals surface area contributed by atoms with Crippen LogP contribution in [0.4, 0.5) is 5.69 Å². The zero-order chi connectivity index (χ0) is 24.7. The Morgan fingerprint density at radius 3 is 2.32 bits per heavy atom. The van der Waals surface area contributed by atoms with Crippen molar-refractivity contribution in [3.63, 3.8) is 0 Å². The molecule has 0 aromatic heterocycles. The summed E-state index contributed by atoms with van der Waals surface area (Å²) in [5, 5.41) is 2.78. The summed E-state index contributed by atoms with van der Waals surface area (Å²) in [6, 6.07) is 22.6. The van der Waals surface area contributed by atoms with E-state index in [2.05, 4.69) is 5.32 Å². The Hall–Kier alpha value is -3.49. The molecule has 0 atom stereocenters. The number of ether oxygens (including phenoxy) is 1. The number of nitrogens with one attached hydrogen (secondary N) is 1. The van der Waals surface area contributed by atoms with Crippen LogP contribution in [0.5, 0.6) is 0 Å². The van der Waals surface area contributed by atoms with Crippen LogP contribution in [0.1, 0.15) is 35.3 Å². The molecule has 34 heavy (non-hydrogen) atoms. The largest absolute Gasteiger partial charge is 0.452 e. The summed E-state index contributed by atoms with van der Waals surface area (Å²) < 4.78 is 31.7. The first-order chi connectivity index (χ1) is 16.2. The number of nitrogens with zero attached hydrogens (tertiary/aromatic N) is 1. The molecule has 0 spiro atoms. The van der Waals surface area contributed by atoms with Gasteiger partial charge < -0.3 is 10.1 Å². The zero-order valence-electron chi connectivity index (χ0n) is 19.4. The number of sulfonamides is 1.